The number of ether oxygens (including phenoxy) is 12. The van der Waals surface area contributed by atoms with Crippen LogP contribution in [-0.4, -0.2) is 255 Å². The van der Waals surface area contributed by atoms with E-state index in [1.165, 1.54) is 17.9 Å². The Balaban J connectivity index is 1.13. The molecular weight excluding hydrogens is 1120 g/mol. The molecule has 0 spiro atoms. The second kappa shape index (κ2) is 49.9. The Morgan fingerprint density at radius 1 is 0.605 bits per heavy atom. The number of nitrogens with two attached hydrogens (primary N) is 1. The highest BCUT2D eigenvalue weighted by atomic mass is 16.7. The van der Waals surface area contributed by atoms with E-state index in [-0.39, 0.29) is 54.9 Å². The smallest absolute Gasteiger partial charge is 0.261 e. The highest BCUT2D eigenvalue weighted by molar-refractivity contribution is 5.92. The first-order valence-electron chi connectivity index (χ1n) is 30.7. The number of anilines is 1. The van der Waals surface area contributed by atoms with E-state index in [1.807, 2.05) is 19.9 Å². The number of hydrogen-bond acceptors (Lipinski definition) is 21. The number of methoxy groups -OCH3 is 1. The van der Waals surface area contributed by atoms with Crippen molar-refractivity contribution in [1.82, 2.24) is 35.7 Å². The highest BCUT2D eigenvalue weighted by Gasteiger charge is 2.33. The molecule has 0 saturated carbocycles. The van der Waals surface area contributed by atoms with Crippen molar-refractivity contribution in [2.45, 2.75) is 96.7 Å². The first kappa shape index (κ1) is 75.2. The maximum absolute atomic E-state index is 14.1. The van der Waals surface area contributed by atoms with Gasteiger partial charge in [0.05, 0.1) is 149 Å². The van der Waals surface area contributed by atoms with E-state index in [0.29, 0.717) is 247 Å². The van der Waals surface area contributed by atoms with Crippen LogP contribution in [0.4, 0.5) is 5.69 Å². The van der Waals surface area contributed by atoms with Gasteiger partial charge in [-0.25, -0.2) is 4.98 Å². The molecule has 5 amide bonds. The summed E-state index contributed by atoms with van der Waals surface area (Å²) in [5.41, 5.74) is 6.79. The highest BCUT2D eigenvalue weighted by Crippen LogP contribution is 2.21. The number of nitrogens with one attached hydrogen (secondary N) is 4. The molecule has 0 bridgehead atoms. The zero-order chi connectivity index (χ0) is 62.1. The lowest BCUT2D eigenvalue weighted by Crippen LogP contribution is -2.58. The first-order valence-corrected chi connectivity index (χ1v) is 30.7. The van der Waals surface area contributed by atoms with Crippen molar-refractivity contribution >= 4 is 46.1 Å². The van der Waals surface area contributed by atoms with Crippen molar-refractivity contribution in [3.63, 3.8) is 0 Å². The van der Waals surface area contributed by atoms with Crippen LogP contribution < -0.4 is 37.5 Å². The molecule has 0 radical (unpaired) electrons. The third-order valence-electron chi connectivity index (χ3n) is 13.8. The number of likely N-dealkylation sites (N-methyl/N-ethyl adjacent to an activating group) is 1. The van der Waals surface area contributed by atoms with E-state index in [4.69, 9.17) is 62.6 Å². The minimum Gasteiger partial charge on any atom is -0.382 e. The largest absolute Gasteiger partial charge is 0.382 e. The molecule has 0 unspecified atom stereocenters. The third-order valence-corrected chi connectivity index (χ3v) is 13.8. The molecule has 6 N–H and O–H groups in total. The summed E-state index contributed by atoms with van der Waals surface area (Å²) in [5, 5.41) is 11.8. The number of carbonyl (C=O) groups excluding carboxylic acids is 5. The quantitative estimate of drug-likeness (QED) is 0.0459. The van der Waals surface area contributed by atoms with Crippen LogP contribution in [0.3, 0.4) is 0 Å². The van der Waals surface area contributed by atoms with E-state index >= 15 is 0 Å². The third kappa shape index (κ3) is 34.5. The number of fused-ring (bicyclic) bond motifs is 1. The summed E-state index contributed by atoms with van der Waals surface area (Å²) in [5.74, 6) is -1.41. The number of benzene rings is 1. The topological polar surface area (TPSA) is 312 Å². The van der Waals surface area contributed by atoms with Crippen LogP contribution in [0.5, 0.6) is 0 Å². The van der Waals surface area contributed by atoms with Gasteiger partial charge in [-0.15, -0.1) is 0 Å². The van der Waals surface area contributed by atoms with Gasteiger partial charge in [0.2, 0.25) is 29.5 Å². The van der Waals surface area contributed by atoms with Crippen LogP contribution in [0.15, 0.2) is 29.3 Å². The van der Waals surface area contributed by atoms with Gasteiger partial charge in [0.15, 0.2) is 0 Å². The Morgan fingerprint density at radius 2 is 1.13 bits per heavy atom. The van der Waals surface area contributed by atoms with E-state index in [0.717, 1.165) is 5.69 Å². The summed E-state index contributed by atoms with van der Waals surface area (Å²) < 4.78 is 66.3. The monoisotopic (exact) mass is 1230 g/mol. The summed E-state index contributed by atoms with van der Waals surface area (Å²) in [6.07, 6.45) is 6.85. The molecule has 1 saturated heterocycles. The molecule has 1 aromatic heterocycles. The molecule has 27 heteroatoms. The minimum atomic E-state index is -0.828. The van der Waals surface area contributed by atoms with Gasteiger partial charge in [0.25, 0.3) is 5.56 Å². The minimum absolute atomic E-state index is 0.0627. The van der Waals surface area contributed by atoms with Crippen molar-refractivity contribution in [2.75, 3.05) is 204 Å². The number of aromatic nitrogens is 2. The molecule has 3 rings (SSSR count). The maximum atomic E-state index is 14.1. The lowest BCUT2D eigenvalue weighted by atomic mass is 9.97. The Bertz CT molecular complexity index is 2170. The summed E-state index contributed by atoms with van der Waals surface area (Å²) in [6, 6.07) is 3.80. The number of hydrogen-bond donors (Lipinski definition) is 5. The van der Waals surface area contributed by atoms with E-state index < -0.39 is 18.0 Å². The van der Waals surface area contributed by atoms with E-state index in [2.05, 4.69) is 31.2 Å². The van der Waals surface area contributed by atoms with Crippen molar-refractivity contribution in [3.8, 4) is 0 Å². The molecule has 86 heavy (non-hydrogen) atoms. The predicted molar refractivity (Wildman–Crippen MR) is 322 cm³/mol. The molecule has 3 atom stereocenters. The fourth-order valence-electron chi connectivity index (χ4n) is 8.59. The Labute approximate surface area is 508 Å². The molecule has 27 nitrogen and oxygen atoms in total. The molecule has 1 aliphatic rings. The zero-order valence-electron chi connectivity index (χ0n) is 51.8. The lowest BCUT2D eigenvalue weighted by Gasteiger charge is -2.38. The average molecular weight is 1230 g/mol. The van der Waals surface area contributed by atoms with Gasteiger partial charge in [0, 0.05) is 72.0 Å². The summed E-state index contributed by atoms with van der Waals surface area (Å²) in [4.78, 5) is 86.9. The first-order chi connectivity index (χ1) is 42.0. The fraction of sp³-hybridized carbons (Fsp3) is 0.780. The Kier molecular flexibility index (Phi) is 43.7. The molecule has 1 fully saturated rings. The predicted octanol–water partition coefficient (Wildman–Crippen LogP) is 1.18. The number of piperazine rings is 1. The van der Waals surface area contributed by atoms with Crippen LogP contribution in [-0.2, 0) is 87.4 Å². The van der Waals surface area contributed by atoms with Crippen LogP contribution >= 0.6 is 0 Å². The number of amides is 5. The van der Waals surface area contributed by atoms with Gasteiger partial charge in [-0.05, 0) is 69.2 Å². The van der Waals surface area contributed by atoms with Crippen molar-refractivity contribution in [1.29, 1.82) is 0 Å². The van der Waals surface area contributed by atoms with E-state index in [9.17, 15) is 28.8 Å². The Morgan fingerprint density at radius 3 is 1.65 bits per heavy atom. The number of carbonyl (C=O) groups is 5. The van der Waals surface area contributed by atoms with Gasteiger partial charge in [-0.3, -0.25) is 33.3 Å². The summed E-state index contributed by atoms with van der Waals surface area (Å²) >= 11 is 0. The van der Waals surface area contributed by atoms with Crippen LogP contribution in [0.2, 0.25) is 0 Å². The van der Waals surface area contributed by atoms with Gasteiger partial charge in [-0.2, -0.15) is 0 Å². The maximum Gasteiger partial charge on any atom is 0.261 e. The Hall–Kier alpha value is -5.01. The molecular formula is C59H103N9O18. The van der Waals surface area contributed by atoms with Gasteiger partial charge in [0.1, 0.15) is 25.4 Å². The standard InChI is InChI=1S/C59H103N9O18/c1-5-48(2)56(57(72)64-52(12-8-9-17-60)59(74)67-21-19-66(20-22-67)49-15-16-51-50(44-49)58(73)68(46-63-51)45-55(71)61-3)65-54(70)13-7-6-10-18-62-53(69)14-11-23-76-26-27-78-36-38-83-40-42-85-47-86-43-41-84-39-37-82-35-34-81-33-32-80-31-30-79-29-28-77-25-24-75-4/h15-16,44,46,48,52,56H,5-14,17-43,45,47,60H2,1-4H3,(H,61,71)(H,62,69)(H,64,72)(H,65,70)/t48-,52-,56-/m0/s1. The average Bonchev–Trinajstić information content (AvgIpc) is 1.16. The molecule has 0 aliphatic carbocycles. The number of unbranched alkanes of at least 4 members (excludes halogenated alkanes) is 3. The normalized spacial score (nSPS) is 13.6. The van der Waals surface area contributed by atoms with Crippen LogP contribution in [0, 0.1) is 5.92 Å². The van der Waals surface area contributed by atoms with Crippen molar-refractivity contribution in [2.24, 2.45) is 11.7 Å². The molecule has 492 valence electrons. The molecule has 1 aliphatic heterocycles. The van der Waals surface area contributed by atoms with E-state index in [1.54, 1.807) is 24.1 Å². The zero-order valence-corrected chi connectivity index (χ0v) is 51.8. The molecule has 1 aromatic carbocycles. The van der Waals surface area contributed by atoms with Crippen molar-refractivity contribution < 1.29 is 80.8 Å². The van der Waals surface area contributed by atoms with Crippen LogP contribution in [0.25, 0.3) is 10.9 Å². The fourth-order valence-corrected chi connectivity index (χ4v) is 8.59. The van der Waals surface area contributed by atoms with Gasteiger partial charge < -0.3 is 93.6 Å². The van der Waals surface area contributed by atoms with Gasteiger partial charge in [-0.1, -0.05) is 26.7 Å². The summed E-state index contributed by atoms with van der Waals surface area (Å²) in [6.45, 7) is 16.4. The van der Waals surface area contributed by atoms with Crippen LogP contribution in [0.1, 0.15) is 78.1 Å². The second-order valence-corrected chi connectivity index (χ2v) is 20.3. The molecule has 2 heterocycles. The molecule has 2 aromatic rings. The summed E-state index contributed by atoms with van der Waals surface area (Å²) in [7, 11) is 3.14. The lowest BCUT2D eigenvalue weighted by molar-refractivity contribution is -0.138. The second-order valence-electron chi connectivity index (χ2n) is 20.3. The number of rotatable bonds is 55. The number of nitrogens with zero attached hydrogens (tertiary/aromatic N) is 4. The SMILES string of the molecule is CC[C@H](C)[C@H](NC(=O)CCCCCNC(=O)CCCOCCOCCOCCOCOCCOCCOCCOCCOCCOCCOCCOC)C(=O)N[C@@H](CCCCN)C(=O)N1CCN(c2ccc3ncn(CC(=O)NC)c(=O)c3c2)CC1. The van der Waals surface area contributed by atoms with Gasteiger partial charge >= 0.3 is 0 Å². The van der Waals surface area contributed by atoms with Crippen molar-refractivity contribution in [3.05, 3.63) is 34.9 Å².